The van der Waals surface area contributed by atoms with Gasteiger partial charge in [-0.05, 0) is 36.9 Å². The number of rotatable bonds is 7. The molecule has 0 aliphatic heterocycles. The highest BCUT2D eigenvalue weighted by Crippen LogP contribution is 2.29. The van der Waals surface area contributed by atoms with Crippen LogP contribution in [0.4, 0.5) is 0 Å². The van der Waals surface area contributed by atoms with E-state index in [-0.39, 0.29) is 6.42 Å². The molecule has 98 valence electrons. The van der Waals surface area contributed by atoms with Crippen LogP contribution >= 0.6 is 0 Å². The maximum absolute atomic E-state index is 10.9. The Balaban J connectivity index is 2.08. The highest BCUT2D eigenvalue weighted by molar-refractivity contribution is 5.70. The molecule has 0 spiro atoms. The number of aliphatic carboxylic acids is 1. The van der Waals surface area contributed by atoms with E-state index in [2.05, 4.69) is 17.9 Å². The molecule has 3 heteroatoms. The Bertz CT molecular complexity index is 413. The molecule has 3 nitrogen and oxygen atoms in total. The van der Waals surface area contributed by atoms with Crippen molar-refractivity contribution in [2.45, 2.75) is 45.2 Å². The van der Waals surface area contributed by atoms with Gasteiger partial charge < -0.3 is 5.11 Å². The Morgan fingerprint density at radius 1 is 1.33 bits per heavy atom. The van der Waals surface area contributed by atoms with E-state index < -0.39 is 5.97 Å². The number of carbonyl (C=O) groups is 1. The minimum absolute atomic E-state index is 0.126. The van der Waals surface area contributed by atoms with Gasteiger partial charge in [-0.3, -0.25) is 9.69 Å². The highest BCUT2D eigenvalue weighted by Gasteiger charge is 2.28. The summed E-state index contributed by atoms with van der Waals surface area (Å²) in [5, 5.41) is 8.94. The van der Waals surface area contributed by atoms with E-state index in [1.165, 1.54) is 18.4 Å². The Morgan fingerprint density at radius 3 is 2.56 bits per heavy atom. The number of carboxylic acids is 1. The largest absolute Gasteiger partial charge is 0.481 e. The Labute approximate surface area is 108 Å². The molecular formula is C15H21NO2. The van der Waals surface area contributed by atoms with Gasteiger partial charge in [-0.1, -0.05) is 31.2 Å². The lowest BCUT2D eigenvalue weighted by Crippen LogP contribution is -2.27. The summed E-state index contributed by atoms with van der Waals surface area (Å²) in [7, 11) is 0. The summed E-state index contributed by atoms with van der Waals surface area (Å²) < 4.78 is 0. The van der Waals surface area contributed by atoms with Gasteiger partial charge in [0.2, 0.25) is 0 Å². The highest BCUT2D eigenvalue weighted by atomic mass is 16.4. The van der Waals surface area contributed by atoms with Crippen molar-refractivity contribution in [1.29, 1.82) is 0 Å². The molecule has 0 saturated heterocycles. The molecule has 0 atom stereocenters. The van der Waals surface area contributed by atoms with Gasteiger partial charge in [-0.25, -0.2) is 0 Å². The SMILES string of the molecule is CCCN(Cc1ccccc1CC(=O)O)C1CC1. The molecular weight excluding hydrogens is 226 g/mol. The fraction of sp³-hybridized carbons (Fsp3) is 0.533. The van der Waals surface area contributed by atoms with Crippen LogP contribution in [-0.2, 0) is 17.8 Å². The zero-order chi connectivity index (χ0) is 13.0. The third kappa shape index (κ3) is 3.57. The first-order chi connectivity index (χ1) is 8.70. The van der Waals surface area contributed by atoms with Gasteiger partial charge in [0.25, 0.3) is 0 Å². The molecule has 1 aromatic rings. The van der Waals surface area contributed by atoms with Crippen molar-refractivity contribution in [2.24, 2.45) is 0 Å². The lowest BCUT2D eigenvalue weighted by molar-refractivity contribution is -0.136. The molecule has 0 radical (unpaired) electrons. The molecule has 0 amide bonds. The van der Waals surface area contributed by atoms with Gasteiger partial charge in [0.1, 0.15) is 0 Å². The van der Waals surface area contributed by atoms with Crippen molar-refractivity contribution in [3.8, 4) is 0 Å². The van der Waals surface area contributed by atoms with Gasteiger partial charge >= 0.3 is 5.97 Å². The fourth-order valence-corrected chi connectivity index (χ4v) is 2.38. The Kier molecular flexibility index (Phi) is 4.37. The van der Waals surface area contributed by atoms with E-state index in [4.69, 9.17) is 5.11 Å². The summed E-state index contributed by atoms with van der Waals surface area (Å²) in [4.78, 5) is 13.4. The smallest absolute Gasteiger partial charge is 0.307 e. The van der Waals surface area contributed by atoms with Crippen LogP contribution in [0.3, 0.4) is 0 Å². The standard InChI is InChI=1S/C15H21NO2/c1-2-9-16(14-7-8-14)11-13-6-4-3-5-12(13)10-15(17)18/h3-6,14H,2,7-11H2,1H3,(H,17,18). The van der Waals surface area contributed by atoms with Gasteiger partial charge in [0, 0.05) is 12.6 Å². The molecule has 1 saturated carbocycles. The fourth-order valence-electron chi connectivity index (χ4n) is 2.38. The summed E-state index contributed by atoms with van der Waals surface area (Å²) >= 11 is 0. The van der Waals surface area contributed by atoms with Gasteiger partial charge in [-0.2, -0.15) is 0 Å². The molecule has 0 heterocycles. The minimum Gasteiger partial charge on any atom is -0.481 e. The second kappa shape index (κ2) is 6.01. The second-order valence-corrected chi connectivity index (χ2v) is 5.04. The lowest BCUT2D eigenvalue weighted by atomic mass is 10.0. The molecule has 18 heavy (non-hydrogen) atoms. The van der Waals surface area contributed by atoms with Gasteiger partial charge in [0.15, 0.2) is 0 Å². The van der Waals surface area contributed by atoms with Crippen LogP contribution in [0.5, 0.6) is 0 Å². The third-order valence-corrected chi connectivity index (χ3v) is 3.41. The number of carboxylic acid groups (broad SMARTS) is 1. The van der Waals surface area contributed by atoms with Gasteiger partial charge in [-0.15, -0.1) is 0 Å². The van der Waals surface area contributed by atoms with E-state index in [9.17, 15) is 4.79 Å². The molecule has 0 aromatic heterocycles. The maximum Gasteiger partial charge on any atom is 0.307 e. The van der Waals surface area contributed by atoms with Crippen molar-refractivity contribution in [1.82, 2.24) is 4.90 Å². The molecule has 0 unspecified atom stereocenters. The minimum atomic E-state index is -0.754. The Hall–Kier alpha value is -1.35. The molecule has 1 aliphatic rings. The first kappa shape index (κ1) is 13.1. The number of hydrogen-bond acceptors (Lipinski definition) is 2. The van der Waals surface area contributed by atoms with Crippen molar-refractivity contribution >= 4 is 5.97 Å². The van der Waals surface area contributed by atoms with Crippen LogP contribution in [-0.4, -0.2) is 28.6 Å². The van der Waals surface area contributed by atoms with Crippen LogP contribution in [0.15, 0.2) is 24.3 Å². The summed E-state index contributed by atoms with van der Waals surface area (Å²) in [5.74, 6) is -0.754. The van der Waals surface area contributed by atoms with Crippen LogP contribution < -0.4 is 0 Å². The van der Waals surface area contributed by atoms with Crippen LogP contribution in [0.1, 0.15) is 37.3 Å². The van der Waals surface area contributed by atoms with E-state index in [1.54, 1.807) is 0 Å². The van der Waals surface area contributed by atoms with E-state index in [0.29, 0.717) is 0 Å². The number of hydrogen-bond donors (Lipinski definition) is 1. The van der Waals surface area contributed by atoms with Gasteiger partial charge in [0.05, 0.1) is 6.42 Å². The molecule has 2 rings (SSSR count). The van der Waals surface area contributed by atoms with Crippen LogP contribution in [0.25, 0.3) is 0 Å². The quantitative estimate of drug-likeness (QED) is 0.805. The second-order valence-electron chi connectivity index (χ2n) is 5.04. The average Bonchev–Trinajstić information content (AvgIpc) is 3.14. The molecule has 1 aliphatic carbocycles. The third-order valence-electron chi connectivity index (χ3n) is 3.41. The maximum atomic E-state index is 10.9. The predicted molar refractivity (Wildman–Crippen MR) is 71.5 cm³/mol. The zero-order valence-electron chi connectivity index (χ0n) is 10.9. The number of nitrogens with zero attached hydrogens (tertiary/aromatic N) is 1. The summed E-state index contributed by atoms with van der Waals surface area (Å²) in [6.07, 6.45) is 3.86. The predicted octanol–water partition coefficient (Wildman–Crippen LogP) is 2.69. The van der Waals surface area contributed by atoms with E-state index in [1.807, 2.05) is 18.2 Å². The lowest BCUT2D eigenvalue weighted by Gasteiger charge is -2.22. The topological polar surface area (TPSA) is 40.5 Å². The van der Waals surface area contributed by atoms with Crippen molar-refractivity contribution in [2.75, 3.05) is 6.54 Å². The van der Waals surface area contributed by atoms with Crippen LogP contribution in [0, 0.1) is 0 Å². The zero-order valence-corrected chi connectivity index (χ0v) is 10.9. The summed E-state index contributed by atoms with van der Waals surface area (Å²) in [6, 6.07) is 8.63. The van der Waals surface area contributed by atoms with E-state index >= 15 is 0 Å². The average molecular weight is 247 g/mol. The van der Waals surface area contributed by atoms with Crippen molar-refractivity contribution in [3.05, 3.63) is 35.4 Å². The van der Waals surface area contributed by atoms with E-state index in [0.717, 1.165) is 31.1 Å². The first-order valence-corrected chi connectivity index (χ1v) is 6.73. The molecule has 1 N–H and O–H groups in total. The van der Waals surface area contributed by atoms with Crippen molar-refractivity contribution < 1.29 is 9.90 Å². The Morgan fingerprint density at radius 2 is 2.00 bits per heavy atom. The first-order valence-electron chi connectivity index (χ1n) is 6.73. The molecule has 0 bridgehead atoms. The van der Waals surface area contributed by atoms with Crippen LogP contribution in [0.2, 0.25) is 0 Å². The molecule has 1 fully saturated rings. The van der Waals surface area contributed by atoms with Crippen molar-refractivity contribution in [3.63, 3.8) is 0 Å². The normalized spacial score (nSPS) is 15.0. The monoisotopic (exact) mass is 247 g/mol. The molecule has 1 aromatic carbocycles. The summed E-state index contributed by atoms with van der Waals surface area (Å²) in [5.41, 5.74) is 2.12. The summed E-state index contributed by atoms with van der Waals surface area (Å²) in [6.45, 7) is 4.19. The number of benzene rings is 1.